The number of carbonyl (C=O) groups excluding carboxylic acids is 1. The number of aliphatic hydroxyl groups excluding tert-OH is 1. The van der Waals surface area contributed by atoms with Gasteiger partial charge in [-0.1, -0.05) is 0 Å². The summed E-state index contributed by atoms with van der Waals surface area (Å²) in [4.78, 5) is 20.4. The number of nitrogens with one attached hydrogen (secondary N) is 1. The lowest BCUT2D eigenvalue weighted by Gasteiger charge is -2.11. The maximum Gasteiger partial charge on any atom is 0.471 e. The van der Waals surface area contributed by atoms with Gasteiger partial charge in [0.15, 0.2) is 0 Å². The van der Waals surface area contributed by atoms with Gasteiger partial charge in [-0.3, -0.25) is 9.59 Å². The van der Waals surface area contributed by atoms with Crippen molar-refractivity contribution in [1.82, 2.24) is 5.32 Å². The molecule has 0 spiro atoms. The van der Waals surface area contributed by atoms with Crippen molar-refractivity contribution < 1.29 is 33.0 Å². The molecule has 0 aliphatic heterocycles. The van der Waals surface area contributed by atoms with Crippen molar-refractivity contribution in [2.24, 2.45) is 5.92 Å². The van der Waals surface area contributed by atoms with Gasteiger partial charge >= 0.3 is 18.1 Å². The average Bonchev–Trinajstić information content (AvgIpc) is 2.02. The van der Waals surface area contributed by atoms with E-state index in [9.17, 15) is 22.8 Å². The summed E-state index contributed by atoms with van der Waals surface area (Å²) < 4.78 is 34.7. The van der Waals surface area contributed by atoms with E-state index in [4.69, 9.17) is 10.2 Å². The van der Waals surface area contributed by atoms with Gasteiger partial charge in [0, 0.05) is 6.54 Å². The summed E-state index contributed by atoms with van der Waals surface area (Å²) in [5.74, 6) is -5.13. The molecule has 0 aromatic rings. The Balaban J connectivity index is 4.05. The van der Waals surface area contributed by atoms with Gasteiger partial charge in [0.1, 0.15) is 0 Å². The predicted octanol–water partition coefficient (Wildman–Crippen LogP) is -0.642. The van der Waals surface area contributed by atoms with Crippen LogP contribution in [0.2, 0.25) is 0 Å². The quantitative estimate of drug-likeness (QED) is 0.582. The molecular formula is C6H8F3NO4. The first-order valence-corrected chi connectivity index (χ1v) is 3.47. The number of hydrogen-bond donors (Lipinski definition) is 3. The Morgan fingerprint density at radius 2 is 1.86 bits per heavy atom. The molecule has 0 bridgehead atoms. The summed E-state index contributed by atoms with van der Waals surface area (Å²) in [5, 5.41) is 18.0. The molecule has 1 amide bonds. The highest BCUT2D eigenvalue weighted by atomic mass is 19.4. The van der Waals surface area contributed by atoms with Crippen molar-refractivity contribution in [3.63, 3.8) is 0 Å². The number of carboxylic acid groups (broad SMARTS) is 1. The fraction of sp³-hybridized carbons (Fsp3) is 0.667. The van der Waals surface area contributed by atoms with Crippen LogP contribution < -0.4 is 5.32 Å². The summed E-state index contributed by atoms with van der Waals surface area (Å²) in [7, 11) is 0. The monoisotopic (exact) mass is 215 g/mol. The highest BCUT2D eigenvalue weighted by Gasteiger charge is 2.38. The number of carbonyl (C=O) groups is 2. The second-order valence-electron chi connectivity index (χ2n) is 2.43. The SMILES string of the molecule is O=C(O)C(CO)CNC(=O)C(F)(F)F. The van der Waals surface area contributed by atoms with Gasteiger partial charge in [-0.15, -0.1) is 0 Å². The lowest BCUT2D eigenvalue weighted by molar-refractivity contribution is -0.174. The zero-order valence-electron chi connectivity index (χ0n) is 6.84. The molecule has 0 fully saturated rings. The number of carboxylic acids is 1. The lowest BCUT2D eigenvalue weighted by Crippen LogP contribution is -2.41. The molecule has 14 heavy (non-hydrogen) atoms. The molecular weight excluding hydrogens is 207 g/mol. The van der Waals surface area contributed by atoms with E-state index in [0.29, 0.717) is 0 Å². The third kappa shape index (κ3) is 4.08. The van der Waals surface area contributed by atoms with Crippen LogP contribution in [-0.4, -0.2) is 41.4 Å². The first-order valence-electron chi connectivity index (χ1n) is 3.47. The van der Waals surface area contributed by atoms with E-state index in [0.717, 1.165) is 0 Å². The maximum atomic E-state index is 11.6. The number of alkyl halides is 3. The molecule has 0 rings (SSSR count). The summed E-state index contributed by atoms with van der Waals surface area (Å²) in [6.07, 6.45) is -5.04. The Bertz CT molecular complexity index is 228. The van der Waals surface area contributed by atoms with Crippen LogP contribution in [0, 0.1) is 5.92 Å². The topological polar surface area (TPSA) is 86.6 Å². The van der Waals surface area contributed by atoms with E-state index in [2.05, 4.69) is 0 Å². The fourth-order valence-electron chi connectivity index (χ4n) is 0.546. The van der Waals surface area contributed by atoms with Crippen LogP contribution in [0.15, 0.2) is 0 Å². The molecule has 0 saturated heterocycles. The van der Waals surface area contributed by atoms with E-state index >= 15 is 0 Å². The second-order valence-corrected chi connectivity index (χ2v) is 2.43. The zero-order chi connectivity index (χ0) is 11.4. The van der Waals surface area contributed by atoms with E-state index in [1.807, 2.05) is 0 Å². The Kier molecular flexibility index (Phi) is 4.35. The van der Waals surface area contributed by atoms with Gasteiger partial charge in [0.25, 0.3) is 0 Å². The Morgan fingerprint density at radius 1 is 1.36 bits per heavy atom. The molecule has 3 N–H and O–H groups in total. The van der Waals surface area contributed by atoms with Gasteiger partial charge < -0.3 is 15.5 Å². The number of aliphatic hydroxyl groups is 1. The van der Waals surface area contributed by atoms with Crippen LogP contribution in [0.1, 0.15) is 0 Å². The Morgan fingerprint density at radius 3 is 2.14 bits per heavy atom. The van der Waals surface area contributed by atoms with Crippen LogP contribution in [0.25, 0.3) is 0 Å². The molecule has 0 saturated carbocycles. The Labute approximate surface area is 76.5 Å². The molecule has 82 valence electrons. The van der Waals surface area contributed by atoms with Gasteiger partial charge in [-0.05, 0) is 0 Å². The van der Waals surface area contributed by atoms with Gasteiger partial charge in [-0.2, -0.15) is 13.2 Å². The number of hydrogen-bond acceptors (Lipinski definition) is 3. The number of halogens is 3. The first-order chi connectivity index (χ1) is 6.29. The number of amides is 1. The average molecular weight is 215 g/mol. The third-order valence-corrected chi connectivity index (χ3v) is 1.34. The highest BCUT2D eigenvalue weighted by molar-refractivity contribution is 5.82. The normalized spacial score (nSPS) is 13.4. The van der Waals surface area contributed by atoms with E-state index in [1.165, 1.54) is 5.32 Å². The highest BCUT2D eigenvalue weighted by Crippen LogP contribution is 2.14. The van der Waals surface area contributed by atoms with E-state index < -0.39 is 37.1 Å². The number of rotatable bonds is 4. The van der Waals surface area contributed by atoms with E-state index in [-0.39, 0.29) is 0 Å². The Hall–Kier alpha value is -1.31. The van der Waals surface area contributed by atoms with Crippen molar-refractivity contribution in [3.8, 4) is 0 Å². The van der Waals surface area contributed by atoms with Crippen molar-refractivity contribution >= 4 is 11.9 Å². The second kappa shape index (κ2) is 4.80. The minimum atomic E-state index is -5.04. The minimum absolute atomic E-state index is 0.760. The van der Waals surface area contributed by atoms with Crippen LogP contribution in [0.5, 0.6) is 0 Å². The summed E-state index contributed by atoms with van der Waals surface area (Å²) in [6, 6.07) is 0. The minimum Gasteiger partial charge on any atom is -0.481 e. The third-order valence-electron chi connectivity index (χ3n) is 1.34. The lowest BCUT2D eigenvalue weighted by atomic mass is 10.1. The largest absolute Gasteiger partial charge is 0.481 e. The van der Waals surface area contributed by atoms with Crippen molar-refractivity contribution in [2.75, 3.05) is 13.2 Å². The summed E-state index contributed by atoms with van der Waals surface area (Å²) in [5.41, 5.74) is 0. The van der Waals surface area contributed by atoms with Gasteiger partial charge in [-0.25, -0.2) is 0 Å². The molecule has 5 nitrogen and oxygen atoms in total. The van der Waals surface area contributed by atoms with Crippen molar-refractivity contribution in [1.29, 1.82) is 0 Å². The first kappa shape index (κ1) is 12.7. The molecule has 0 radical (unpaired) electrons. The molecule has 8 heteroatoms. The zero-order valence-corrected chi connectivity index (χ0v) is 6.84. The van der Waals surface area contributed by atoms with Crippen LogP contribution in [0.3, 0.4) is 0 Å². The van der Waals surface area contributed by atoms with Gasteiger partial charge in [0.05, 0.1) is 12.5 Å². The molecule has 0 aromatic carbocycles. The molecule has 0 aliphatic carbocycles. The van der Waals surface area contributed by atoms with Crippen molar-refractivity contribution in [3.05, 3.63) is 0 Å². The van der Waals surface area contributed by atoms with Gasteiger partial charge in [0.2, 0.25) is 0 Å². The molecule has 1 atom stereocenters. The smallest absolute Gasteiger partial charge is 0.471 e. The molecule has 0 aliphatic rings. The molecule has 0 heterocycles. The van der Waals surface area contributed by atoms with Crippen LogP contribution in [-0.2, 0) is 9.59 Å². The summed E-state index contributed by atoms with van der Waals surface area (Å²) in [6.45, 7) is -1.60. The number of aliphatic carboxylic acids is 1. The van der Waals surface area contributed by atoms with Crippen LogP contribution in [0.4, 0.5) is 13.2 Å². The van der Waals surface area contributed by atoms with Crippen LogP contribution >= 0.6 is 0 Å². The van der Waals surface area contributed by atoms with Crippen molar-refractivity contribution in [2.45, 2.75) is 6.18 Å². The molecule has 0 aromatic heterocycles. The summed E-state index contributed by atoms with van der Waals surface area (Å²) >= 11 is 0. The maximum absolute atomic E-state index is 11.6. The molecule has 1 unspecified atom stereocenters. The van der Waals surface area contributed by atoms with E-state index in [1.54, 1.807) is 0 Å². The standard InChI is InChI=1S/C6H8F3NO4/c7-6(8,9)5(14)10-1-3(2-11)4(12)13/h3,11H,1-2H2,(H,10,14)(H,12,13). The fourth-order valence-corrected chi connectivity index (χ4v) is 0.546. The predicted molar refractivity (Wildman–Crippen MR) is 37.3 cm³/mol.